The summed E-state index contributed by atoms with van der Waals surface area (Å²) in [4.78, 5) is 12.1. The minimum Gasteiger partial charge on any atom is -0.391 e. The zero-order valence-electron chi connectivity index (χ0n) is 12.0. The first-order valence-corrected chi connectivity index (χ1v) is 7.83. The predicted octanol–water partition coefficient (Wildman–Crippen LogP) is 1.29. The van der Waals surface area contributed by atoms with Crippen molar-refractivity contribution in [2.24, 2.45) is 17.8 Å². The van der Waals surface area contributed by atoms with Gasteiger partial charge in [-0.3, -0.25) is 4.79 Å². The summed E-state index contributed by atoms with van der Waals surface area (Å²) in [5.41, 5.74) is 0. The van der Waals surface area contributed by atoms with Crippen molar-refractivity contribution in [3.63, 3.8) is 0 Å². The highest BCUT2D eigenvalue weighted by molar-refractivity contribution is 5.78. The molecule has 0 spiro atoms. The average molecular weight is 268 g/mol. The number of hydrogen-bond donors (Lipinski definition) is 3. The molecule has 3 N–H and O–H groups in total. The van der Waals surface area contributed by atoms with Crippen LogP contribution in [-0.2, 0) is 4.79 Å². The van der Waals surface area contributed by atoms with Gasteiger partial charge in [-0.2, -0.15) is 0 Å². The summed E-state index contributed by atoms with van der Waals surface area (Å²) in [6, 6.07) is 0. The summed E-state index contributed by atoms with van der Waals surface area (Å²) in [7, 11) is 0. The monoisotopic (exact) mass is 268 g/mol. The fourth-order valence-corrected chi connectivity index (χ4v) is 3.36. The number of amides is 1. The van der Waals surface area contributed by atoms with Crippen LogP contribution in [0.25, 0.3) is 0 Å². The Morgan fingerprint density at radius 1 is 1.32 bits per heavy atom. The van der Waals surface area contributed by atoms with E-state index in [2.05, 4.69) is 10.6 Å². The van der Waals surface area contributed by atoms with E-state index < -0.39 is 0 Å². The van der Waals surface area contributed by atoms with Crippen LogP contribution >= 0.6 is 0 Å². The number of carbonyl (C=O) groups excluding carboxylic acids is 1. The number of nitrogens with one attached hydrogen (secondary N) is 2. The van der Waals surface area contributed by atoms with Crippen LogP contribution in [0.1, 0.15) is 45.4 Å². The first kappa shape index (κ1) is 14.8. The van der Waals surface area contributed by atoms with Crippen molar-refractivity contribution in [1.29, 1.82) is 0 Å². The van der Waals surface area contributed by atoms with Crippen LogP contribution in [0.15, 0.2) is 0 Å². The van der Waals surface area contributed by atoms with Crippen molar-refractivity contribution in [1.82, 2.24) is 10.6 Å². The Labute approximate surface area is 116 Å². The van der Waals surface area contributed by atoms with E-state index in [0.29, 0.717) is 13.1 Å². The normalized spacial score (nSPS) is 30.2. The van der Waals surface area contributed by atoms with Gasteiger partial charge in [0.25, 0.3) is 0 Å². The molecule has 0 aromatic rings. The topological polar surface area (TPSA) is 61.4 Å². The molecule has 2 fully saturated rings. The van der Waals surface area contributed by atoms with Crippen molar-refractivity contribution in [2.75, 3.05) is 19.6 Å². The molecule has 3 unspecified atom stereocenters. The quantitative estimate of drug-likeness (QED) is 0.704. The molecule has 3 atom stereocenters. The minimum atomic E-state index is -0.311. The van der Waals surface area contributed by atoms with Crippen molar-refractivity contribution in [3.05, 3.63) is 0 Å². The maximum Gasteiger partial charge on any atom is 0.222 e. The molecule has 2 rings (SSSR count). The fraction of sp³-hybridized carbons (Fsp3) is 0.933. The van der Waals surface area contributed by atoms with Gasteiger partial charge in [-0.05, 0) is 12.3 Å². The van der Waals surface area contributed by atoms with Gasteiger partial charge in [-0.1, -0.05) is 39.0 Å². The largest absolute Gasteiger partial charge is 0.391 e. The Hall–Kier alpha value is -0.610. The van der Waals surface area contributed by atoms with E-state index >= 15 is 0 Å². The van der Waals surface area contributed by atoms with E-state index in [1.165, 1.54) is 32.1 Å². The Balaban J connectivity index is 1.66. The lowest BCUT2D eigenvalue weighted by molar-refractivity contribution is -0.125. The standard InChI is InChI=1S/C15H28N2O2/c1-11(7-12-5-3-2-4-6-12)15(19)17-9-13-8-16-10-14(13)18/h11-14,16,18H,2-10H2,1H3,(H,17,19). The molecule has 0 bridgehead atoms. The Kier molecular flexibility index (Phi) is 5.64. The molecule has 0 radical (unpaired) electrons. The zero-order valence-corrected chi connectivity index (χ0v) is 12.0. The van der Waals surface area contributed by atoms with E-state index in [4.69, 9.17) is 0 Å². The molecule has 2 aliphatic rings. The second-order valence-electron chi connectivity index (χ2n) is 6.37. The predicted molar refractivity (Wildman–Crippen MR) is 75.7 cm³/mol. The van der Waals surface area contributed by atoms with E-state index in [-0.39, 0.29) is 23.8 Å². The van der Waals surface area contributed by atoms with E-state index in [1.807, 2.05) is 6.92 Å². The van der Waals surface area contributed by atoms with Gasteiger partial charge in [0.15, 0.2) is 0 Å². The number of rotatable bonds is 5. The number of aliphatic hydroxyl groups excluding tert-OH is 1. The molecule has 1 aliphatic heterocycles. The fourth-order valence-electron chi connectivity index (χ4n) is 3.36. The third kappa shape index (κ3) is 4.46. The van der Waals surface area contributed by atoms with Crippen LogP contribution in [0.5, 0.6) is 0 Å². The SMILES string of the molecule is CC(CC1CCCCC1)C(=O)NCC1CNCC1O. The smallest absolute Gasteiger partial charge is 0.222 e. The molecule has 4 heteroatoms. The van der Waals surface area contributed by atoms with Crippen LogP contribution in [0.3, 0.4) is 0 Å². The summed E-state index contributed by atoms with van der Waals surface area (Å²) in [6.07, 6.45) is 7.33. The van der Waals surface area contributed by atoms with Gasteiger partial charge in [0.2, 0.25) is 5.91 Å². The van der Waals surface area contributed by atoms with Crippen LogP contribution in [0, 0.1) is 17.8 Å². The van der Waals surface area contributed by atoms with Gasteiger partial charge in [-0.15, -0.1) is 0 Å². The summed E-state index contributed by atoms with van der Waals surface area (Å²) in [5.74, 6) is 1.18. The van der Waals surface area contributed by atoms with E-state index in [1.54, 1.807) is 0 Å². The lowest BCUT2D eigenvalue weighted by Crippen LogP contribution is -2.37. The number of aliphatic hydroxyl groups is 1. The average Bonchev–Trinajstić information content (AvgIpc) is 2.82. The van der Waals surface area contributed by atoms with Crippen LogP contribution < -0.4 is 10.6 Å². The third-order valence-corrected chi connectivity index (χ3v) is 4.70. The lowest BCUT2D eigenvalue weighted by atomic mass is 9.83. The molecule has 0 aromatic carbocycles. The molecule has 19 heavy (non-hydrogen) atoms. The Morgan fingerprint density at radius 3 is 2.68 bits per heavy atom. The van der Waals surface area contributed by atoms with Gasteiger partial charge >= 0.3 is 0 Å². The van der Waals surface area contributed by atoms with Crippen LogP contribution in [0.2, 0.25) is 0 Å². The second kappa shape index (κ2) is 7.25. The van der Waals surface area contributed by atoms with Crippen molar-refractivity contribution < 1.29 is 9.90 Å². The minimum absolute atomic E-state index is 0.106. The molecule has 1 saturated carbocycles. The zero-order chi connectivity index (χ0) is 13.7. The first-order chi connectivity index (χ1) is 9.16. The highest BCUT2D eigenvalue weighted by Gasteiger charge is 2.26. The summed E-state index contributed by atoms with van der Waals surface area (Å²) in [5, 5.41) is 15.8. The molecular weight excluding hydrogens is 240 g/mol. The van der Waals surface area contributed by atoms with Crippen molar-refractivity contribution in [2.45, 2.75) is 51.6 Å². The molecule has 1 saturated heterocycles. The molecule has 0 aromatic heterocycles. The molecule has 4 nitrogen and oxygen atoms in total. The third-order valence-electron chi connectivity index (χ3n) is 4.70. The summed E-state index contributed by atoms with van der Waals surface area (Å²) >= 11 is 0. The van der Waals surface area contributed by atoms with Gasteiger partial charge in [-0.25, -0.2) is 0 Å². The Morgan fingerprint density at radius 2 is 2.05 bits per heavy atom. The number of β-amino-alcohol motifs (C(OH)–C–C–N with tert-alkyl or cyclic N) is 1. The maximum absolute atomic E-state index is 12.1. The molecule has 1 aliphatic carbocycles. The maximum atomic E-state index is 12.1. The highest BCUT2D eigenvalue weighted by Crippen LogP contribution is 2.29. The van der Waals surface area contributed by atoms with E-state index in [9.17, 15) is 9.90 Å². The first-order valence-electron chi connectivity index (χ1n) is 7.83. The van der Waals surface area contributed by atoms with Crippen molar-refractivity contribution in [3.8, 4) is 0 Å². The summed E-state index contributed by atoms with van der Waals surface area (Å²) in [6.45, 7) is 4.09. The Bertz CT molecular complexity index is 290. The number of hydrogen-bond acceptors (Lipinski definition) is 3. The van der Waals surface area contributed by atoms with Crippen LogP contribution in [0.4, 0.5) is 0 Å². The number of carbonyl (C=O) groups is 1. The lowest BCUT2D eigenvalue weighted by Gasteiger charge is -2.24. The molecule has 1 amide bonds. The summed E-state index contributed by atoms with van der Waals surface area (Å²) < 4.78 is 0. The van der Waals surface area contributed by atoms with E-state index in [0.717, 1.165) is 18.9 Å². The molecule has 1 heterocycles. The van der Waals surface area contributed by atoms with Crippen molar-refractivity contribution >= 4 is 5.91 Å². The van der Waals surface area contributed by atoms with Gasteiger partial charge < -0.3 is 15.7 Å². The van der Waals surface area contributed by atoms with Gasteiger partial charge in [0.05, 0.1) is 6.10 Å². The van der Waals surface area contributed by atoms with Gasteiger partial charge in [0.1, 0.15) is 0 Å². The molecule has 110 valence electrons. The van der Waals surface area contributed by atoms with Gasteiger partial charge in [0, 0.05) is 31.5 Å². The molecular formula is C15H28N2O2. The second-order valence-corrected chi connectivity index (χ2v) is 6.37. The highest BCUT2D eigenvalue weighted by atomic mass is 16.3. The van der Waals surface area contributed by atoms with Crippen LogP contribution in [-0.4, -0.2) is 36.8 Å².